The number of methoxy groups -OCH3 is 1. The van der Waals surface area contributed by atoms with Gasteiger partial charge < -0.3 is 30.7 Å². The highest BCUT2D eigenvalue weighted by molar-refractivity contribution is 6.30. The predicted molar refractivity (Wildman–Crippen MR) is 137 cm³/mol. The average molecular weight is 527 g/mol. The quantitative estimate of drug-likeness (QED) is 0.386. The van der Waals surface area contributed by atoms with E-state index in [-0.39, 0.29) is 36.2 Å². The number of piperidine rings is 1. The van der Waals surface area contributed by atoms with Crippen molar-refractivity contribution >= 4 is 23.7 Å². The Hall–Kier alpha value is -2.10. The zero-order chi connectivity index (χ0) is 25.9. The van der Waals surface area contributed by atoms with E-state index in [0.717, 1.165) is 19.3 Å². The van der Waals surface area contributed by atoms with Crippen LogP contribution in [0.2, 0.25) is 5.02 Å². The summed E-state index contributed by atoms with van der Waals surface area (Å²) in [6, 6.07) is 4.62. The highest BCUT2D eigenvalue weighted by atomic mass is 35.5. The Labute approximate surface area is 218 Å². The van der Waals surface area contributed by atoms with Crippen molar-refractivity contribution in [2.24, 2.45) is 17.6 Å². The minimum Gasteiger partial charge on any atom is -0.453 e. The molecule has 1 saturated heterocycles. The molecule has 0 bridgehead atoms. The van der Waals surface area contributed by atoms with Crippen LogP contribution in [0.1, 0.15) is 63.0 Å². The molecule has 2 aliphatic rings. The van der Waals surface area contributed by atoms with Crippen molar-refractivity contribution in [3.05, 3.63) is 34.6 Å². The second kappa shape index (κ2) is 14.6. The molecule has 0 spiro atoms. The van der Waals surface area contributed by atoms with Crippen molar-refractivity contribution in [3.63, 3.8) is 0 Å². The van der Waals surface area contributed by atoms with Gasteiger partial charge >= 0.3 is 12.1 Å². The molecule has 1 aromatic carbocycles. The summed E-state index contributed by atoms with van der Waals surface area (Å²) < 4.78 is 25.6. The van der Waals surface area contributed by atoms with Crippen molar-refractivity contribution in [1.82, 2.24) is 15.5 Å². The molecular formula is C26H40ClFN4O4. The zero-order valence-electron chi connectivity index (χ0n) is 21.1. The molecule has 3 unspecified atom stereocenters. The first-order valence-corrected chi connectivity index (χ1v) is 13.4. The van der Waals surface area contributed by atoms with Gasteiger partial charge in [-0.1, -0.05) is 55.8 Å². The van der Waals surface area contributed by atoms with Gasteiger partial charge in [0.15, 0.2) is 0 Å². The van der Waals surface area contributed by atoms with E-state index in [9.17, 15) is 14.0 Å². The zero-order valence-corrected chi connectivity index (χ0v) is 21.9. The van der Waals surface area contributed by atoms with E-state index in [4.69, 9.17) is 22.1 Å². The number of carbonyl (C=O) groups excluding carboxylic acids is 2. The van der Waals surface area contributed by atoms with Gasteiger partial charge in [0.2, 0.25) is 0 Å². The molecule has 0 radical (unpaired) electrons. The number of benzene rings is 1. The fourth-order valence-electron chi connectivity index (χ4n) is 5.34. The molecule has 10 heteroatoms. The van der Waals surface area contributed by atoms with Crippen molar-refractivity contribution < 1.29 is 23.5 Å². The number of nitrogens with one attached hydrogen (secondary N) is 2. The lowest BCUT2D eigenvalue weighted by Gasteiger charge is -2.37. The van der Waals surface area contributed by atoms with Crippen LogP contribution in [0.15, 0.2) is 18.2 Å². The first-order valence-electron chi connectivity index (χ1n) is 13.0. The van der Waals surface area contributed by atoms with Gasteiger partial charge in [0.25, 0.3) is 0 Å². The third-order valence-electron chi connectivity index (χ3n) is 7.19. The molecule has 1 aromatic rings. The first-order chi connectivity index (χ1) is 17.4. The molecule has 3 atom stereocenters. The SMILES string of the molecule is COC(=O)NCCOC(c1cccc(Cl)c1F)C1CCCN(C(=O)NCC(N)CC2CCCCC2)C1. The van der Waals surface area contributed by atoms with E-state index in [2.05, 4.69) is 15.4 Å². The number of alkyl carbamates (subject to hydrolysis) is 1. The highest BCUT2D eigenvalue weighted by Crippen LogP contribution is 2.36. The van der Waals surface area contributed by atoms with E-state index in [1.165, 1.54) is 45.3 Å². The number of nitrogens with two attached hydrogens (primary N) is 1. The fraction of sp³-hybridized carbons (Fsp3) is 0.692. The Balaban J connectivity index is 1.58. The lowest BCUT2D eigenvalue weighted by atomic mass is 9.85. The number of hydrogen-bond acceptors (Lipinski definition) is 5. The summed E-state index contributed by atoms with van der Waals surface area (Å²) in [5.74, 6) is -0.00366. The summed E-state index contributed by atoms with van der Waals surface area (Å²) in [5.41, 5.74) is 6.67. The van der Waals surface area contributed by atoms with Crippen LogP contribution in [-0.2, 0) is 9.47 Å². The molecule has 202 valence electrons. The van der Waals surface area contributed by atoms with Gasteiger partial charge in [-0.2, -0.15) is 0 Å². The highest BCUT2D eigenvalue weighted by Gasteiger charge is 2.33. The van der Waals surface area contributed by atoms with Crippen LogP contribution >= 0.6 is 11.6 Å². The number of ether oxygens (including phenoxy) is 2. The maximum absolute atomic E-state index is 14.9. The number of nitrogens with zero attached hydrogens (tertiary/aromatic N) is 1. The molecule has 1 saturated carbocycles. The van der Waals surface area contributed by atoms with Crippen molar-refractivity contribution in [2.45, 2.75) is 63.5 Å². The van der Waals surface area contributed by atoms with Crippen LogP contribution in [0.5, 0.6) is 0 Å². The van der Waals surface area contributed by atoms with Gasteiger partial charge in [-0.25, -0.2) is 14.0 Å². The number of urea groups is 1. The summed E-state index contributed by atoms with van der Waals surface area (Å²) >= 11 is 6.05. The van der Waals surface area contributed by atoms with Crippen LogP contribution < -0.4 is 16.4 Å². The monoisotopic (exact) mass is 526 g/mol. The largest absolute Gasteiger partial charge is 0.453 e. The molecule has 1 heterocycles. The van der Waals surface area contributed by atoms with E-state index in [1.54, 1.807) is 17.0 Å². The Morgan fingerprint density at radius 3 is 2.72 bits per heavy atom. The number of carbonyl (C=O) groups is 2. The minimum atomic E-state index is -0.618. The number of halogens is 2. The maximum atomic E-state index is 14.9. The standard InChI is InChI=1S/C26H40ClFN4O4/c1-35-26(34)30-12-14-36-24(21-10-5-11-22(27)23(21)28)19-9-6-13-32(17-19)25(33)31-16-20(29)15-18-7-3-2-4-8-18/h5,10-11,18-20,24H,2-4,6-9,12-17,29H2,1H3,(H,30,34)(H,31,33). The van der Waals surface area contributed by atoms with Crippen molar-refractivity contribution in [2.75, 3.05) is 39.9 Å². The molecule has 8 nitrogen and oxygen atoms in total. The first kappa shape index (κ1) is 28.5. The number of rotatable bonds is 10. The predicted octanol–water partition coefficient (Wildman–Crippen LogP) is 4.61. The smallest absolute Gasteiger partial charge is 0.406 e. The van der Waals surface area contributed by atoms with E-state index < -0.39 is 18.0 Å². The molecule has 36 heavy (non-hydrogen) atoms. The second-order valence-electron chi connectivity index (χ2n) is 9.89. The molecule has 2 fully saturated rings. The van der Waals surface area contributed by atoms with Gasteiger partial charge in [0.05, 0.1) is 24.8 Å². The summed E-state index contributed by atoms with van der Waals surface area (Å²) in [4.78, 5) is 26.0. The Morgan fingerprint density at radius 2 is 1.97 bits per heavy atom. The van der Waals surface area contributed by atoms with Gasteiger partial charge in [-0.05, 0) is 31.2 Å². The van der Waals surface area contributed by atoms with Crippen LogP contribution in [0.3, 0.4) is 0 Å². The van der Waals surface area contributed by atoms with E-state index in [0.29, 0.717) is 31.1 Å². The third-order valence-corrected chi connectivity index (χ3v) is 7.48. The molecular weight excluding hydrogens is 487 g/mol. The van der Waals surface area contributed by atoms with Crippen LogP contribution in [0.25, 0.3) is 0 Å². The normalized spacial score (nSPS) is 20.4. The van der Waals surface area contributed by atoms with E-state index in [1.807, 2.05) is 0 Å². The second-order valence-corrected chi connectivity index (χ2v) is 10.3. The number of amides is 3. The third kappa shape index (κ3) is 8.49. The van der Waals surface area contributed by atoms with Gasteiger partial charge in [-0.3, -0.25) is 0 Å². The van der Waals surface area contributed by atoms with Crippen molar-refractivity contribution in [1.29, 1.82) is 0 Å². The Kier molecular flexibility index (Phi) is 11.5. The van der Waals surface area contributed by atoms with Crippen LogP contribution in [0, 0.1) is 17.7 Å². The lowest BCUT2D eigenvalue weighted by molar-refractivity contribution is -0.0104. The summed E-state index contributed by atoms with van der Waals surface area (Å²) in [6.07, 6.45) is 7.61. The molecule has 1 aliphatic carbocycles. The maximum Gasteiger partial charge on any atom is 0.406 e. The molecule has 1 aliphatic heterocycles. The van der Waals surface area contributed by atoms with Crippen LogP contribution in [-0.4, -0.2) is 63.0 Å². The lowest BCUT2D eigenvalue weighted by Crippen LogP contribution is -2.49. The van der Waals surface area contributed by atoms with Gasteiger partial charge in [-0.15, -0.1) is 0 Å². The topological polar surface area (TPSA) is 106 Å². The fourth-order valence-corrected chi connectivity index (χ4v) is 5.52. The summed E-state index contributed by atoms with van der Waals surface area (Å²) in [5, 5.41) is 5.58. The summed E-state index contributed by atoms with van der Waals surface area (Å²) in [6.45, 7) is 1.85. The minimum absolute atomic E-state index is 0.0196. The molecule has 4 N–H and O–H groups in total. The van der Waals surface area contributed by atoms with Gasteiger partial charge in [0.1, 0.15) is 5.82 Å². The van der Waals surface area contributed by atoms with Gasteiger partial charge in [0, 0.05) is 43.7 Å². The Bertz CT molecular complexity index is 855. The van der Waals surface area contributed by atoms with Crippen molar-refractivity contribution in [3.8, 4) is 0 Å². The van der Waals surface area contributed by atoms with E-state index >= 15 is 0 Å². The summed E-state index contributed by atoms with van der Waals surface area (Å²) in [7, 11) is 1.28. The molecule has 3 amide bonds. The molecule has 0 aromatic heterocycles. The molecule has 3 rings (SSSR count). The van der Waals surface area contributed by atoms with Crippen LogP contribution in [0.4, 0.5) is 14.0 Å². The Morgan fingerprint density at radius 1 is 1.19 bits per heavy atom. The average Bonchev–Trinajstić information content (AvgIpc) is 2.89. The number of likely N-dealkylation sites (tertiary alicyclic amines) is 1. The number of hydrogen-bond donors (Lipinski definition) is 3.